The fourth-order valence-electron chi connectivity index (χ4n) is 5.06. The number of hydrogen-bond acceptors (Lipinski definition) is 8. The zero-order valence-electron chi connectivity index (χ0n) is 26.8. The highest BCUT2D eigenvalue weighted by Gasteiger charge is 2.20. The molecule has 0 unspecified atom stereocenters. The molecule has 2 aromatic rings. The molecule has 0 heterocycles. The molecule has 2 atom stereocenters. The van der Waals surface area contributed by atoms with Crippen molar-refractivity contribution in [3.8, 4) is 0 Å². The molecule has 0 aliphatic heterocycles. The predicted octanol–water partition coefficient (Wildman–Crippen LogP) is 3.69. The van der Waals surface area contributed by atoms with Crippen LogP contribution in [0.15, 0.2) is 60.7 Å². The van der Waals surface area contributed by atoms with E-state index in [1.54, 1.807) is 0 Å². The highest BCUT2D eigenvalue weighted by atomic mass is 16.5. The minimum atomic E-state index is -0.342. The summed E-state index contributed by atoms with van der Waals surface area (Å²) in [5, 5.41) is 5.59. The van der Waals surface area contributed by atoms with Crippen LogP contribution in [0.5, 0.6) is 0 Å². The van der Waals surface area contributed by atoms with E-state index in [1.165, 1.54) is 38.8 Å². The van der Waals surface area contributed by atoms with Crippen LogP contribution < -0.4 is 10.6 Å². The summed E-state index contributed by atoms with van der Waals surface area (Å²) in [6.45, 7) is 10.8. The lowest BCUT2D eigenvalue weighted by Gasteiger charge is -2.29. The van der Waals surface area contributed by atoms with Crippen LogP contribution >= 0.6 is 0 Å². The van der Waals surface area contributed by atoms with Gasteiger partial charge < -0.3 is 20.1 Å². The van der Waals surface area contributed by atoms with Gasteiger partial charge >= 0.3 is 11.9 Å². The first-order valence-electron chi connectivity index (χ1n) is 15.5. The molecule has 0 saturated carbocycles. The van der Waals surface area contributed by atoms with E-state index in [0.717, 1.165) is 25.9 Å². The van der Waals surface area contributed by atoms with E-state index in [0.29, 0.717) is 52.1 Å². The van der Waals surface area contributed by atoms with Gasteiger partial charge in [0.1, 0.15) is 12.2 Å². The van der Waals surface area contributed by atoms with E-state index in [9.17, 15) is 19.2 Å². The van der Waals surface area contributed by atoms with E-state index in [4.69, 9.17) is 9.47 Å². The fraction of sp³-hybridized carbons (Fsp3) is 0.529. The number of esters is 2. The van der Waals surface area contributed by atoms with Gasteiger partial charge in [-0.05, 0) is 37.1 Å². The quantitative estimate of drug-likeness (QED) is 0.162. The molecule has 2 rings (SSSR count). The second kappa shape index (κ2) is 21.0. The maximum Gasteiger partial charge on any atom is 0.302 e. The number of benzene rings is 2. The molecule has 10 heteroatoms. The van der Waals surface area contributed by atoms with Gasteiger partial charge in [0.2, 0.25) is 11.8 Å². The monoisotopic (exact) mass is 610 g/mol. The summed E-state index contributed by atoms with van der Waals surface area (Å²) in [7, 11) is 0. The summed E-state index contributed by atoms with van der Waals surface area (Å²) in [5.41, 5.74) is 2.34. The molecule has 0 aromatic heterocycles. The van der Waals surface area contributed by atoms with E-state index < -0.39 is 0 Å². The number of nitrogens with one attached hydrogen (secondary N) is 2. The lowest BCUT2D eigenvalue weighted by Crippen LogP contribution is -2.38. The number of nitrogens with zero attached hydrogens (tertiary/aromatic N) is 2. The highest BCUT2D eigenvalue weighted by Crippen LogP contribution is 2.13. The topological polar surface area (TPSA) is 117 Å². The largest absolute Gasteiger partial charge is 0.461 e. The van der Waals surface area contributed by atoms with Crippen molar-refractivity contribution in [2.24, 2.45) is 0 Å². The Kier molecular flexibility index (Phi) is 17.4. The number of carbonyl (C=O) groups excluding carboxylic acids is 4. The maximum absolute atomic E-state index is 11.8. The molecule has 0 radical (unpaired) electrons. The van der Waals surface area contributed by atoms with E-state index in [2.05, 4.69) is 44.7 Å². The Labute approximate surface area is 262 Å². The van der Waals surface area contributed by atoms with Crippen LogP contribution in [0.1, 0.15) is 64.5 Å². The molecule has 242 valence electrons. The molecule has 0 saturated heterocycles. The zero-order chi connectivity index (χ0) is 32.2. The number of ether oxygens (including phenoxy) is 2. The van der Waals surface area contributed by atoms with Crippen molar-refractivity contribution in [3.63, 3.8) is 0 Å². The van der Waals surface area contributed by atoms with Gasteiger partial charge in [0.15, 0.2) is 0 Å². The first-order chi connectivity index (χ1) is 21.1. The Morgan fingerprint density at radius 2 is 0.977 bits per heavy atom. The molecule has 0 bridgehead atoms. The summed E-state index contributed by atoms with van der Waals surface area (Å²) in [6.07, 6.45) is 2.19. The van der Waals surface area contributed by atoms with E-state index in [-0.39, 0.29) is 36.0 Å². The number of rotatable bonds is 21. The molecule has 2 aromatic carbocycles. The Morgan fingerprint density at radius 1 is 0.614 bits per heavy atom. The first kappa shape index (κ1) is 36.4. The van der Waals surface area contributed by atoms with Crippen LogP contribution in [-0.2, 0) is 41.7 Å². The minimum absolute atomic E-state index is 0.112. The molecular formula is C34H50N4O6. The number of amides is 2. The second-order valence-electron chi connectivity index (χ2n) is 11.2. The standard InChI is InChI=1S/C34H50N4O6/c1-27(39)35-19-17-33(43-29(3)41)25-37(23-31-13-7-5-8-14-31)21-11-12-22-38(24-32-15-9-6-10-16-32)26-34(44-30(4)42)18-20-36-28(2)40/h5-10,13-16,33-34H,11-12,17-26H2,1-4H3,(H,35,39)(H,36,40)/t33-,34-/m1/s1. The maximum atomic E-state index is 11.8. The van der Waals surface area contributed by atoms with Gasteiger partial charge in [-0.1, -0.05) is 60.7 Å². The molecule has 0 aliphatic rings. The summed E-state index contributed by atoms with van der Waals surface area (Å²) >= 11 is 0. The van der Waals surface area contributed by atoms with E-state index in [1.807, 2.05) is 36.4 Å². The Bertz CT molecular complexity index is 1040. The van der Waals surface area contributed by atoms with Gasteiger partial charge in [-0.15, -0.1) is 0 Å². The van der Waals surface area contributed by atoms with Crippen LogP contribution in [0.2, 0.25) is 0 Å². The summed E-state index contributed by atoms with van der Waals surface area (Å²) in [6, 6.07) is 20.4. The average molecular weight is 611 g/mol. The Hall–Kier alpha value is -3.76. The van der Waals surface area contributed by atoms with Gasteiger partial charge in [0.25, 0.3) is 0 Å². The van der Waals surface area contributed by atoms with Crippen molar-refractivity contribution < 1.29 is 28.7 Å². The lowest BCUT2D eigenvalue weighted by molar-refractivity contribution is -0.148. The van der Waals surface area contributed by atoms with Crippen LogP contribution in [0.4, 0.5) is 0 Å². The molecule has 44 heavy (non-hydrogen) atoms. The molecular weight excluding hydrogens is 560 g/mol. The van der Waals surface area contributed by atoms with E-state index >= 15 is 0 Å². The Morgan fingerprint density at radius 3 is 1.30 bits per heavy atom. The summed E-state index contributed by atoms with van der Waals surface area (Å²) < 4.78 is 11.3. The summed E-state index contributed by atoms with van der Waals surface area (Å²) in [4.78, 5) is 51.0. The smallest absolute Gasteiger partial charge is 0.302 e. The van der Waals surface area contributed by atoms with Crippen molar-refractivity contribution in [1.82, 2.24) is 20.4 Å². The zero-order valence-corrected chi connectivity index (χ0v) is 26.8. The number of hydrogen-bond donors (Lipinski definition) is 2. The molecule has 2 amide bonds. The molecule has 2 N–H and O–H groups in total. The normalized spacial score (nSPS) is 12.4. The second-order valence-corrected chi connectivity index (χ2v) is 11.2. The third kappa shape index (κ3) is 17.4. The van der Waals surface area contributed by atoms with Crippen molar-refractivity contribution in [3.05, 3.63) is 71.8 Å². The van der Waals surface area contributed by atoms with Gasteiger partial charge in [0.05, 0.1) is 0 Å². The van der Waals surface area contributed by atoms with Crippen LogP contribution in [0.3, 0.4) is 0 Å². The van der Waals surface area contributed by atoms with Gasteiger partial charge in [-0.25, -0.2) is 0 Å². The van der Waals surface area contributed by atoms with Crippen molar-refractivity contribution in [2.75, 3.05) is 39.3 Å². The molecule has 0 fully saturated rings. The van der Waals surface area contributed by atoms with Gasteiger partial charge in [0, 0.05) is 79.8 Å². The van der Waals surface area contributed by atoms with Crippen molar-refractivity contribution in [2.45, 2.75) is 78.7 Å². The van der Waals surface area contributed by atoms with Crippen LogP contribution in [0.25, 0.3) is 0 Å². The molecule has 0 spiro atoms. The SMILES string of the molecule is CC(=O)NCC[C@H](CN(CCCCN(Cc1ccccc1)C[C@@H](CCNC(C)=O)OC(C)=O)Cc1ccccc1)OC(C)=O. The van der Waals surface area contributed by atoms with Crippen molar-refractivity contribution in [1.29, 1.82) is 0 Å². The number of carbonyl (C=O) groups is 4. The van der Waals surface area contributed by atoms with Crippen LogP contribution in [-0.4, -0.2) is 85.0 Å². The molecule has 10 nitrogen and oxygen atoms in total. The predicted molar refractivity (Wildman–Crippen MR) is 170 cm³/mol. The van der Waals surface area contributed by atoms with Crippen molar-refractivity contribution >= 4 is 23.8 Å². The highest BCUT2D eigenvalue weighted by molar-refractivity contribution is 5.73. The fourth-order valence-corrected chi connectivity index (χ4v) is 5.06. The third-order valence-electron chi connectivity index (χ3n) is 6.97. The van der Waals surface area contributed by atoms with Gasteiger partial charge in [-0.3, -0.25) is 29.0 Å². The molecule has 0 aliphatic carbocycles. The third-order valence-corrected chi connectivity index (χ3v) is 6.97. The number of unbranched alkanes of at least 4 members (excludes halogenated alkanes) is 1. The average Bonchev–Trinajstić information content (AvgIpc) is 2.95. The van der Waals surface area contributed by atoms with Gasteiger partial charge in [-0.2, -0.15) is 0 Å². The first-order valence-corrected chi connectivity index (χ1v) is 15.5. The summed E-state index contributed by atoms with van der Waals surface area (Å²) in [5.74, 6) is -0.901. The Balaban J connectivity index is 2.07. The lowest BCUT2D eigenvalue weighted by atomic mass is 10.1. The van der Waals surface area contributed by atoms with Crippen LogP contribution in [0, 0.1) is 0 Å². The minimum Gasteiger partial charge on any atom is -0.461 e.